The Morgan fingerprint density at radius 1 is 0.950 bits per heavy atom. The first kappa shape index (κ1) is 27.4. The van der Waals surface area contributed by atoms with Crippen LogP contribution in [-0.2, 0) is 22.6 Å². The zero-order valence-electron chi connectivity index (χ0n) is 22.8. The first-order chi connectivity index (χ1) is 19.1. The van der Waals surface area contributed by atoms with Crippen molar-refractivity contribution in [3.05, 3.63) is 95.6 Å². The van der Waals surface area contributed by atoms with Crippen molar-refractivity contribution in [2.45, 2.75) is 45.6 Å². The number of nitrogens with zero attached hydrogens (tertiary/aromatic N) is 2. The molecule has 0 spiro atoms. The largest absolute Gasteiger partial charge is 0.444 e. The Balaban J connectivity index is 1.29. The summed E-state index contributed by atoms with van der Waals surface area (Å²) in [5.41, 5.74) is 1.24. The molecule has 40 heavy (non-hydrogen) atoms. The Morgan fingerprint density at radius 2 is 1.55 bits per heavy atom. The minimum atomic E-state index is -0.809. The van der Waals surface area contributed by atoms with Gasteiger partial charge in [-0.2, -0.15) is 0 Å². The summed E-state index contributed by atoms with van der Waals surface area (Å²) in [6.07, 6.45) is -1.20. The number of carbonyl (C=O) groups is 2. The highest BCUT2D eigenvalue weighted by atomic mass is 19.1. The molecule has 2 unspecified atom stereocenters. The van der Waals surface area contributed by atoms with Crippen LogP contribution in [0.4, 0.5) is 29.7 Å². The summed E-state index contributed by atoms with van der Waals surface area (Å²) in [5, 5.41) is 2.51. The van der Waals surface area contributed by atoms with Gasteiger partial charge in [0.2, 0.25) is 0 Å². The fourth-order valence-corrected chi connectivity index (χ4v) is 5.38. The third-order valence-electron chi connectivity index (χ3n) is 7.13. The molecular formula is C31H33F2N3O4. The summed E-state index contributed by atoms with van der Waals surface area (Å²) in [5.74, 6) is -1.41. The molecule has 1 N–H and O–H groups in total. The fraction of sp³-hybridized carbons (Fsp3) is 0.355. The molecule has 2 amide bonds. The molecule has 9 heteroatoms. The van der Waals surface area contributed by atoms with Crippen molar-refractivity contribution in [1.82, 2.24) is 4.90 Å². The number of halogens is 2. The van der Waals surface area contributed by atoms with E-state index in [1.165, 1.54) is 0 Å². The Bertz CT molecular complexity index is 1350. The second-order valence-corrected chi connectivity index (χ2v) is 11.3. The standard InChI is InChI=1S/C31H33F2N3O4/c1-31(2,3)40-30(38)36(16-20-10-6-4-7-11-20)27-23-17-35(18-24(23)27)28-25(33)14-22(32)15-26(28)34-29(37)39-19-21-12-8-5-9-13-21/h4-15,23-24,27H,16-19H2,1-3H3,(H,34,37)/t23-,24?,27?/m0/s1. The lowest BCUT2D eigenvalue weighted by Crippen LogP contribution is -2.41. The maximum Gasteiger partial charge on any atom is 0.412 e. The van der Waals surface area contributed by atoms with Gasteiger partial charge in [-0.3, -0.25) is 5.32 Å². The van der Waals surface area contributed by atoms with Gasteiger partial charge in [0.1, 0.15) is 18.0 Å². The minimum Gasteiger partial charge on any atom is -0.444 e. The van der Waals surface area contributed by atoms with Crippen molar-refractivity contribution in [2.24, 2.45) is 11.8 Å². The van der Waals surface area contributed by atoms with Crippen LogP contribution in [0.5, 0.6) is 0 Å². The highest BCUT2D eigenvalue weighted by Crippen LogP contribution is 2.52. The SMILES string of the molecule is CC(C)(C)OC(=O)N(Cc1ccccc1)C1C2CN(c3c(F)cc(F)cc3NC(=O)OCc3ccccc3)C[C@@H]21. The van der Waals surface area contributed by atoms with E-state index in [0.717, 1.165) is 23.3 Å². The van der Waals surface area contributed by atoms with Crippen LogP contribution >= 0.6 is 0 Å². The predicted molar refractivity (Wildman–Crippen MR) is 148 cm³/mol. The Kier molecular flexibility index (Phi) is 7.65. The summed E-state index contributed by atoms with van der Waals surface area (Å²) in [4.78, 5) is 29.2. The second-order valence-electron chi connectivity index (χ2n) is 11.3. The summed E-state index contributed by atoms with van der Waals surface area (Å²) in [7, 11) is 0. The van der Waals surface area contributed by atoms with Gasteiger partial charge in [-0.05, 0) is 38.0 Å². The van der Waals surface area contributed by atoms with Crippen LogP contribution in [-0.4, -0.2) is 41.8 Å². The van der Waals surface area contributed by atoms with E-state index in [9.17, 15) is 14.0 Å². The number of amides is 2. The second kappa shape index (κ2) is 11.2. The van der Waals surface area contributed by atoms with Gasteiger partial charge < -0.3 is 19.3 Å². The molecular weight excluding hydrogens is 516 g/mol. The zero-order valence-corrected chi connectivity index (χ0v) is 22.8. The van der Waals surface area contributed by atoms with Gasteiger partial charge in [-0.15, -0.1) is 0 Å². The van der Waals surface area contributed by atoms with Gasteiger partial charge >= 0.3 is 12.2 Å². The number of rotatable bonds is 7. The molecule has 3 atom stereocenters. The number of piperidine rings is 1. The molecule has 1 aliphatic carbocycles. The molecule has 0 radical (unpaired) electrons. The molecule has 210 valence electrons. The summed E-state index contributed by atoms with van der Waals surface area (Å²) in [6, 6.07) is 20.7. The summed E-state index contributed by atoms with van der Waals surface area (Å²) < 4.78 is 40.2. The third kappa shape index (κ3) is 6.35. The molecule has 1 aliphatic heterocycles. The van der Waals surface area contributed by atoms with Crippen LogP contribution in [0.15, 0.2) is 72.8 Å². The maximum absolute atomic E-state index is 15.1. The van der Waals surface area contributed by atoms with Gasteiger partial charge in [-0.25, -0.2) is 18.4 Å². The van der Waals surface area contributed by atoms with Crippen LogP contribution in [0.2, 0.25) is 0 Å². The number of ether oxygens (including phenoxy) is 2. The monoisotopic (exact) mass is 549 g/mol. The number of nitrogens with one attached hydrogen (secondary N) is 1. The van der Waals surface area contributed by atoms with Crippen molar-refractivity contribution < 1.29 is 27.8 Å². The van der Waals surface area contributed by atoms with E-state index in [1.807, 2.05) is 81.4 Å². The summed E-state index contributed by atoms with van der Waals surface area (Å²) >= 11 is 0. The molecule has 3 aromatic rings. The normalized spacial score (nSPS) is 19.5. The number of carbonyl (C=O) groups excluding carboxylic acids is 2. The number of fused-ring (bicyclic) bond motifs is 1. The third-order valence-corrected chi connectivity index (χ3v) is 7.13. The van der Waals surface area contributed by atoms with E-state index in [2.05, 4.69) is 5.32 Å². The Hall–Kier alpha value is -4.14. The van der Waals surface area contributed by atoms with Crippen molar-refractivity contribution in [3.8, 4) is 0 Å². The van der Waals surface area contributed by atoms with Gasteiger partial charge in [-0.1, -0.05) is 60.7 Å². The average molecular weight is 550 g/mol. The molecule has 0 bridgehead atoms. The van der Waals surface area contributed by atoms with Crippen molar-refractivity contribution in [1.29, 1.82) is 0 Å². The Morgan fingerprint density at radius 3 is 2.15 bits per heavy atom. The number of hydrogen-bond acceptors (Lipinski definition) is 5. The quantitative estimate of drug-likeness (QED) is 0.360. The smallest absolute Gasteiger partial charge is 0.412 e. The highest BCUT2D eigenvalue weighted by molar-refractivity contribution is 5.90. The lowest BCUT2D eigenvalue weighted by Gasteiger charge is -2.31. The predicted octanol–water partition coefficient (Wildman–Crippen LogP) is 6.59. The van der Waals surface area contributed by atoms with Crippen molar-refractivity contribution >= 4 is 23.6 Å². The number of hydrogen-bond donors (Lipinski definition) is 1. The van der Waals surface area contributed by atoms with Crippen LogP contribution < -0.4 is 10.2 Å². The minimum absolute atomic E-state index is 0.00157. The molecule has 1 saturated carbocycles. The van der Waals surface area contributed by atoms with E-state index in [-0.39, 0.29) is 35.9 Å². The molecule has 5 rings (SSSR count). The van der Waals surface area contributed by atoms with E-state index in [4.69, 9.17) is 9.47 Å². The molecule has 2 fully saturated rings. The van der Waals surface area contributed by atoms with Gasteiger partial charge in [0.15, 0.2) is 5.82 Å². The molecule has 1 saturated heterocycles. The molecule has 2 aliphatic rings. The van der Waals surface area contributed by atoms with Crippen LogP contribution in [0.3, 0.4) is 0 Å². The van der Waals surface area contributed by atoms with E-state index in [1.54, 1.807) is 9.80 Å². The maximum atomic E-state index is 15.1. The fourth-order valence-electron chi connectivity index (χ4n) is 5.38. The number of anilines is 2. The molecule has 1 heterocycles. The lowest BCUT2D eigenvalue weighted by molar-refractivity contribution is 0.0195. The van der Waals surface area contributed by atoms with Crippen molar-refractivity contribution in [2.75, 3.05) is 23.3 Å². The van der Waals surface area contributed by atoms with Gasteiger partial charge in [0.25, 0.3) is 0 Å². The molecule has 7 nitrogen and oxygen atoms in total. The van der Waals surface area contributed by atoms with Gasteiger partial charge in [0, 0.05) is 43.6 Å². The van der Waals surface area contributed by atoms with Crippen LogP contribution in [0, 0.1) is 23.5 Å². The van der Waals surface area contributed by atoms with E-state index in [0.29, 0.717) is 19.6 Å². The number of benzene rings is 3. The first-order valence-corrected chi connectivity index (χ1v) is 13.3. The highest BCUT2D eigenvalue weighted by Gasteiger charge is 2.60. The Labute approximate surface area is 232 Å². The lowest BCUT2D eigenvalue weighted by atomic mass is 10.2. The van der Waals surface area contributed by atoms with Crippen LogP contribution in [0.25, 0.3) is 0 Å². The first-order valence-electron chi connectivity index (χ1n) is 13.3. The van der Waals surface area contributed by atoms with E-state index < -0.39 is 29.4 Å². The van der Waals surface area contributed by atoms with Gasteiger partial charge in [0.05, 0.1) is 11.4 Å². The van der Waals surface area contributed by atoms with Crippen molar-refractivity contribution in [3.63, 3.8) is 0 Å². The average Bonchev–Trinajstić information content (AvgIpc) is 3.37. The summed E-state index contributed by atoms with van der Waals surface area (Å²) in [6.45, 7) is 6.81. The van der Waals surface area contributed by atoms with E-state index >= 15 is 4.39 Å². The molecule has 3 aromatic carbocycles. The van der Waals surface area contributed by atoms with Crippen LogP contribution in [0.1, 0.15) is 31.9 Å². The topological polar surface area (TPSA) is 71.1 Å². The molecule has 0 aromatic heterocycles. The zero-order chi connectivity index (χ0) is 28.4.